The summed E-state index contributed by atoms with van der Waals surface area (Å²) in [5.41, 5.74) is 3.74. The maximum Gasteiger partial charge on any atom is 0.0445 e. The largest absolute Gasteiger partial charge is 0.371 e. The van der Waals surface area contributed by atoms with Crippen molar-refractivity contribution in [2.24, 2.45) is 0 Å². The van der Waals surface area contributed by atoms with E-state index in [0.717, 1.165) is 18.3 Å². The lowest BCUT2D eigenvalue weighted by atomic mass is 10.1. The van der Waals surface area contributed by atoms with E-state index in [1.165, 1.54) is 24.1 Å². The van der Waals surface area contributed by atoms with Gasteiger partial charge in [0.25, 0.3) is 0 Å². The molecule has 0 saturated heterocycles. The summed E-state index contributed by atoms with van der Waals surface area (Å²) in [4.78, 5) is 6.82. The molecule has 2 rings (SSSR count). The van der Waals surface area contributed by atoms with Crippen molar-refractivity contribution >= 4 is 5.69 Å². The van der Waals surface area contributed by atoms with Crippen molar-refractivity contribution in [3.8, 4) is 0 Å². The molecular weight excluding hydrogens is 210 g/mol. The van der Waals surface area contributed by atoms with E-state index in [-0.39, 0.29) is 0 Å². The number of nitrogens with one attached hydrogen (secondary N) is 1. The molecule has 1 aromatic heterocycles. The van der Waals surface area contributed by atoms with E-state index in [1.807, 2.05) is 6.20 Å². The number of aromatic nitrogens is 1. The van der Waals surface area contributed by atoms with Gasteiger partial charge in [0.1, 0.15) is 0 Å². The highest BCUT2D eigenvalue weighted by molar-refractivity contribution is 5.54. The van der Waals surface area contributed by atoms with Crippen LogP contribution in [0.2, 0.25) is 0 Å². The summed E-state index contributed by atoms with van der Waals surface area (Å²) in [6.45, 7) is 7.30. The van der Waals surface area contributed by atoms with Crippen molar-refractivity contribution in [2.75, 3.05) is 11.9 Å². The molecule has 3 heteroatoms. The molecule has 1 heterocycles. The van der Waals surface area contributed by atoms with Crippen molar-refractivity contribution in [3.05, 3.63) is 23.5 Å². The van der Waals surface area contributed by atoms with Gasteiger partial charge in [-0.1, -0.05) is 13.8 Å². The van der Waals surface area contributed by atoms with E-state index in [1.54, 1.807) is 0 Å². The van der Waals surface area contributed by atoms with Crippen LogP contribution in [0.25, 0.3) is 0 Å². The van der Waals surface area contributed by atoms with Crippen molar-refractivity contribution in [3.63, 3.8) is 0 Å². The highest BCUT2D eigenvalue weighted by atomic mass is 15.2. The van der Waals surface area contributed by atoms with Crippen LogP contribution in [0.5, 0.6) is 0 Å². The molecule has 0 unspecified atom stereocenters. The van der Waals surface area contributed by atoms with Crippen molar-refractivity contribution in [2.45, 2.75) is 52.2 Å². The third-order valence-electron chi connectivity index (χ3n) is 3.27. The average molecular weight is 233 g/mol. The van der Waals surface area contributed by atoms with E-state index in [2.05, 4.69) is 49.1 Å². The lowest BCUT2D eigenvalue weighted by Crippen LogP contribution is -2.26. The normalized spacial score (nSPS) is 15.4. The minimum absolute atomic E-state index is 0.510. The van der Waals surface area contributed by atoms with E-state index < -0.39 is 0 Å². The van der Waals surface area contributed by atoms with Crippen LogP contribution in [0.4, 0.5) is 5.69 Å². The molecule has 0 bridgehead atoms. The fourth-order valence-corrected chi connectivity index (χ4v) is 2.01. The van der Waals surface area contributed by atoms with Gasteiger partial charge in [0.2, 0.25) is 0 Å². The van der Waals surface area contributed by atoms with Crippen LogP contribution >= 0.6 is 0 Å². The summed E-state index contributed by atoms with van der Waals surface area (Å²) in [6, 6.07) is 3.46. The Labute approximate surface area is 104 Å². The third-order valence-corrected chi connectivity index (χ3v) is 3.27. The lowest BCUT2D eigenvalue weighted by Gasteiger charge is -2.23. The fraction of sp³-hybridized carbons (Fsp3) is 0.643. The van der Waals surface area contributed by atoms with Gasteiger partial charge >= 0.3 is 0 Å². The Morgan fingerprint density at radius 2 is 2.18 bits per heavy atom. The first kappa shape index (κ1) is 12.4. The first-order chi connectivity index (χ1) is 8.08. The first-order valence-electron chi connectivity index (χ1n) is 6.49. The Morgan fingerprint density at radius 1 is 1.47 bits per heavy atom. The molecule has 1 N–H and O–H groups in total. The monoisotopic (exact) mass is 233 g/mol. The lowest BCUT2D eigenvalue weighted by molar-refractivity contribution is 0.587. The van der Waals surface area contributed by atoms with Crippen LogP contribution in [0, 0.1) is 6.92 Å². The first-order valence-corrected chi connectivity index (χ1v) is 6.49. The SMILES string of the molecule is Cc1cc(N(C)C2CC2)c(CNC(C)C)cn1. The second-order valence-corrected chi connectivity index (χ2v) is 5.33. The maximum atomic E-state index is 4.41. The Kier molecular flexibility index (Phi) is 3.67. The van der Waals surface area contributed by atoms with Crippen LogP contribution in [0.1, 0.15) is 37.9 Å². The van der Waals surface area contributed by atoms with E-state index >= 15 is 0 Å². The van der Waals surface area contributed by atoms with Gasteiger partial charge in [-0.3, -0.25) is 4.98 Å². The number of rotatable bonds is 5. The minimum atomic E-state index is 0.510. The standard InChI is InChI=1S/C14H23N3/c1-10(2)15-8-12-9-16-11(3)7-14(12)17(4)13-5-6-13/h7,9-10,13,15H,5-6,8H2,1-4H3. The van der Waals surface area contributed by atoms with E-state index in [9.17, 15) is 0 Å². The topological polar surface area (TPSA) is 28.2 Å². The molecule has 17 heavy (non-hydrogen) atoms. The molecule has 1 saturated carbocycles. The molecule has 1 aliphatic rings. The van der Waals surface area contributed by atoms with Gasteiger partial charge in [-0.25, -0.2) is 0 Å². The molecule has 0 amide bonds. The number of aryl methyl sites for hydroxylation is 1. The van der Waals surface area contributed by atoms with E-state index in [4.69, 9.17) is 0 Å². The van der Waals surface area contributed by atoms with Gasteiger partial charge in [-0.05, 0) is 25.8 Å². The highest BCUT2D eigenvalue weighted by Gasteiger charge is 2.27. The highest BCUT2D eigenvalue weighted by Crippen LogP contribution is 2.32. The smallest absolute Gasteiger partial charge is 0.0445 e. The summed E-state index contributed by atoms with van der Waals surface area (Å²) < 4.78 is 0. The van der Waals surface area contributed by atoms with Crippen molar-refractivity contribution < 1.29 is 0 Å². The summed E-state index contributed by atoms with van der Waals surface area (Å²) in [7, 11) is 2.20. The fourth-order valence-electron chi connectivity index (χ4n) is 2.01. The zero-order valence-corrected chi connectivity index (χ0v) is 11.3. The van der Waals surface area contributed by atoms with Gasteiger partial charge in [0.05, 0.1) is 0 Å². The third kappa shape index (κ3) is 3.19. The average Bonchev–Trinajstić information content (AvgIpc) is 3.10. The molecule has 0 spiro atoms. The predicted octanol–water partition coefficient (Wildman–Crippen LogP) is 2.49. The minimum Gasteiger partial charge on any atom is -0.371 e. The molecule has 0 atom stereocenters. The van der Waals surface area contributed by atoms with Crippen LogP contribution in [-0.2, 0) is 6.54 Å². The Bertz CT molecular complexity index is 383. The number of hydrogen-bond donors (Lipinski definition) is 1. The Hall–Kier alpha value is -1.09. The summed E-state index contributed by atoms with van der Waals surface area (Å²) in [5, 5.41) is 3.47. The Morgan fingerprint density at radius 3 is 2.76 bits per heavy atom. The van der Waals surface area contributed by atoms with Gasteiger partial charge in [0.15, 0.2) is 0 Å². The molecule has 1 aliphatic carbocycles. The van der Waals surface area contributed by atoms with Gasteiger partial charge in [0, 0.05) is 48.8 Å². The molecule has 1 aromatic rings. The Balaban J connectivity index is 2.17. The van der Waals surface area contributed by atoms with Crippen LogP contribution < -0.4 is 10.2 Å². The van der Waals surface area contributed by atoms with Crippen LogP contribution in [-0.4, -0.2) is 24.1 Å². The predicted molar refractivity (Wildman–Crippen MR) is 72.4 cm³/mol. The zero-order chi connectivity index (χ0) is 12.4. The molecule has 0 radical (unpaired) electrons. The number of anilines is 1. The second kappa shape index (κ2) is 5.05. The maximum absolute atomic E-state index is 4.41. The zero-order valence-electron chi connectivity index (χ0n) is 11.3. The molecule has 94 valence electrons. The van der Waals surface area contributed by atoms with Crippen LogP contribution in [0.15, 0.2) is 12.3 Å². The molecule has 0 aliphatic heterocycles. The summed E-state index contributed by atoms with van der Waals surface area (Å²) >= 11 is 0. The van der Waals surface area contributed by atoms with Gasteiger partial charge in [-0.15, -0.1) is 0 Å². The molecule has 0 aromatic carbocycles. The number of nitrogens with zero attached hydrogens (tertiary/aromatic N) is 2. The molecular formula is C14H23N3. The second-order valence-electron chi connectivity index (χ2n) is 5.33. The van der Waals surface area contributed by atoms with Gasteiger partial charge < -0.3 is 10.2 Å². The molecule has 1 fully saturated rings. The summed E-state index contributed by atoms with van der Waals surface area (Å²) in [5.74, 6) is 0. The van der Waals surface area contributed by atoms with Crippen molar-refractivity contribution in [1.29, 1.82) is 0 Å². The quantitative estimate of drug-likeness (QED) is 0.847. The van der Waals surface area contributed by atoms with Crippen molar-refractivity contribution in [1.82, 2.24) is 10.3 Å². The summed E-state index contributed by atoms with van der Waals surface area (Å²) in [6.07, 6.45) is 4.67. The molecule has 3 nitrogen and oxygen atoms in total. The number of hydrogen-bond acceptors (Lipinski definition) is 3. The van der Waals surface area contributed by atoms with E-state index in [0.29, 0.717) is 6.04 Å². The van der Waals surface area contributed by atoms with Gasteiger partial charge in [-0.2, -0.15) is 0 Å². The number of pyridine rings is 1. The van der Waals surface area contributed by atoms with Crippen LogP contribution in [0.3, 0.4) is 0 Å².